The van der Waals surface area contributed by atoms with Gasteiger partial charge in [0, 0.05) is 0 Å². The number of rotatable bonds is 14. The molecule has 0 rings (SSSR count). The average molecular weight is 266 g/mol. The number of unbranched alkanes of at least 4 members (excludes halogenated alkanes) is 10. The number of allylic oxidation sites excluding steroid dienone is 3. The highest BCUT2D eigenvalue weighted by Gasteiger charge is 1.89. The van der Waals surface area contributed by atoms with Gasteiger partial charge in [-0.25, -0.2) is 0 Å². The topological polar surface area (TPSA) is 20.2 Å². The zero-order chi connectivity index (χ0) is 14.0. The summed E-state index contributed by atoms with van der Waals surface area (Å²) < 4.78 is 0. The number of hydrogen-bond donors (Lipinski definition) is 1. The van der Waals surface area contributed by atoms with Gasteiger partial charge in [0.15, 0.2) is 0 Å². The van der Waals surface area contributed by atoms with Crippen LogP contribution in [0.2, 0.25) is 0 Å². The van der Waals surface area contributed by atoms with E-state index >= 15 is 0 Å². The monoisotopic (exact) mass is 266 g/mol. The van der Waals surface area contributed by atoms with E-state index in [-0.39, 0.29) is 6.61 Å². The molecule has 0 saturated heterocycles. The third-order valence-electron chi connectivity index (χ3n) is 3.40. The standard InChI is InChI=1S/C18H34O/c1-2-3-4-5-6-7-8-9-10-11-12-13-14-15-16-17-18-19/h7-8,16-17,19H,2-6,9-15,18H2,1H3/b8-7-,17-16?. The Morgan fingerprint density at radius 3 is 1.47 bits per heavy atom. The van der Waals surface area contributed by atoms with Gasteiger partial charge >= 0.3 is 0 Å². The molecule has 1 N–H and O–H groups in total. The Bertz CT molecular complexity index is 206. The summed E-state index contributed by atoms with van der Waals surface area (Å²) >= 11 is 0. The van der Waals surface area contributed by atoms with Crippen molar-refractivity contribution in [1.82, 2.24) is 0 Å². The molecular formula is C18H34O. The molecule has 0 aromatic carbocycles. The lowest BCUT2D eigenvalue weighted by atomic mass is 10.1. The summed E-state index contributed by atoms with van der Waals surface area (Å²) in [5.41, 5.74) is 0. The van der Waals surface area contributed by atoms with Crippen LogP contribution in [-0.4, -0.2) is 11.7 Å². The highest BCUT2D eigenvalue weighted by atomic mass is 16.2. The average Bonchev–Trinajstić information content (AvgIpc) is 2.43. The fourth-order valence-electron chi connectivity index (χ4n) is 2.17. The lowest BCUT2D eigenvalue weighted by molar-refractivity contribution is 0.342. The highest BCUT2D eigenvalue weighted by Crippen LogP contribution is 2.09. The van der Waals surface area contributed by atoms with Crippen molar-refractivity contribution in [3.63, 3.8) is 0 Å². The molecule has 0 aliphatic rings. The molecular weight excluding hydrogens is 232 g/mol. The summed E-state index contributed by atoms with van der Waals surface area (Å²) in [6.45, 7) is 2.45. The maximum Gasteiger partial charge on any atom is 0.0612 e. The van der Waals surface area contributed by atoms with Gasteiger partial charge in [0.1, 0.15) is 0 Å². The van der Waals surface area contributed by atoms with Crippen molar-refractivity contribution in [2.75, 3.05) is 6.61 Å². The van der Waals surface area contributed by atoms with Crippen molar-refractivity contribution >= 4 is 0 Å². The molecule has 0 atom stereocenters. The lowest BCUT2D eigenvalue weighted by Crippen LogP contribution is -1.79. The Kier molecular flexibility index (Phi) is 16.9. The molecule has 0 fully saturated rings. The minimum atomic E-state index is 0.185. The van der Waals surface area contributed by atoms with E-state index < -0.39 is 0 Å². The first-order valence-corrected chi connectivity index (χ1v) is 8.32. The van der Waals surface area contributed by atoms with E-state index in [9.17, 15) is 0 Å². The number of hydrogen-bond acceptors (Lipinski definition) is 1. The van der Waals surface area contributed by atoms with Crippen LogP contribution in [0.15, 0.2) is 24.3 Å². The van der Waals surface area contributed by atoms with E-state index in [0.29, 0.717) is 0 Å². The smallest absolute Gasteiger partial charge is 0.0612 e. The maximum atomic E-state index is 8.58. The maximum absolute atomic E-state index is 8.58. The molecule has 112 valence electrons. The normalized spacial score (nSPS) is 11.9. The van der Waals surface area contributed by atoms with E-state index in [0.717, 1.165) is 6.42 Å². The summed E-state index contributed by atoms with van der Waals surface area (Å²) in [6.07, 6.45) is 24.5. The van der Waals surface area contributed by atoms with Gasteiger partial charge in [-0.05, 0) is 38.5 Å². The molecule has 0 unspecified atom stereocenters. The summed E-state index contributed by atoms with van der Waals surface area (Å²) in [5.74, 6) is 0. The van der Waals surface area contributed by atoms with E-state index in [1.165, 1.54) is 70.6 Å². The van der Waals surface area contributed by atoms with Gasteiger partial charge in [0.05, 0.1) is 6.61 Å². The molecule has 19 heavy (non-hydrogen) atoms. The fraction of sp³-hybridized carbons (Fsp3) is 0.778. The first kappa shape index (κ1) is 18.4. The van der Waals surface area contributed by atoms with Gasteiger partial charge in [-0.15, -0.1) is 0 Å². The molecule has 0 radical (unpaired) electrons. The van der Waals surface area contributed by atoms with Gasteiger partial charge in [0.2, 0.25) is 0 Å². The number of aliphatic hydroxyl groups excluding tert-OH is 1. The SMILES string of the molecule is CCCCCC/C=C\CCCCCCCC=CCO. The molecule has 0 spiro atoms. The molecule has 0 aliphatic carbocycles. The Morgan fingerprint density at radius 1 is 0.579 bits per heavy atom. The van der Waals surface area contributed by atoms with Crippen LogP contribution < -0.4 is 0 Å². The van der Waals surface area contributed by atoms with Crippen LogP contribution in [-0.2, 0) is 0 Å². The predicted molar refractivity (Wildman–Crippen MR) is 86.4 cm³/mol. The minimum absolute atomic E-state index is 0.185. The van der Waals surface area contributed by atoms with Crippen LogP contribution in [0.1, 0.15) is 84.0 Å². The van der Waals surface area contributed by atoms with Gasteiger partial charge in [-0.1, -0.05) is 69.8 Å². The molecule has 0 aromatic rings. The Morgan fingerprint density at radius 2 is 1.00 bits per heavy atom. The Labute approximate surface area is 120 Å². The van der Waals surface area contributed by atoms with Crippen LogP contribution in [0.5, 0.6) is 0 Å². The quantitative estimate of drug-likeness (QED) is 0.311. The van der Waals surface area contributed by atoms with Crippen LogP contribution in [0.25, 0.3) is 0 Å². The first-order valence-electron chi connectivity index (χ1n) is 8.32. The van der Waals surface area contributed by atoms with Crippen molar-refractivity contribution < 1.29 is 5.11 Å². The summed E-state index contributed by atoms with van der Waals surface area (Å²) in [7, 11) is 0. The highest BCUT2D eigenvalue weighted by molar-refractivity contribution is 4.81. The van der Waals surface area contributed by atoms with Crippen LogP contribution >= 0.6 is 0 Å². The predicted octanol–water partition coefficient (Wildman–Crippen LogP) is 5.79. The third kappa shape index (κ3) is 17.4. The summed E-state index contributed by atoms with van der Waals surface area (Å²) in [5, 5.41) is 8.58. The third-order valence-corrected chi connectivity index (χ3v) is 3.40. The van der Waals surface area contributed by atoms with E-state index in [4.69, 9.17) is 5.11 Å². The van der Waals surface area contributed by atoms with Crippen LogP contribution in [0.3, 0.4) is 0 Å². The van der Waals surface area contributed by atoms with E-state index in [1.807, 2.05) is 6.08 Å². The van der Waals surface area contributed by atoms with Crippen molar-refractivity contribution in [2.45, 2.75) is 84.0 Å². The van der Waals surface area contributed by atoms with Gasteiger partial charge in [-0.2, -0.15) is 0 Å². The van der Waals surface area contributed by atoms with Crippen molar-refractivity contribution in [3.8, 4) is 0 Å². The molecule has 1 heteroatoms. The van der Waals surface area contributed by atoms with Gasteiger partial charge < -0.3 is 5.11 Å². The molecule has 0 heterocycles. The number of aliphatic hydroxyl groups is 1. The molecule has 0 amide bonds. The summed E-state index contributed by atoms with van der Waals surface area (Å²) in [6, 6.07) is 0. The molecule has 0 aromatic heterocycles. The van der Waals surface area contributed by atoms with Gasteiger partial charge in [0.25, 0.3) is 0 Å². The molecule has 0 saturated carbocycles. The lowest BCUT2D eigenvalue weighted by Gasteiger charge is -1.98. The minimum Gasteiger partial charge on any atom is -0.392 e. The second kappa shape index (κ2) is 17.4. The van der Waals surface area contributed by atoms with Gasteiger partial charge in [-0.3, -0.25) is 0 Å². The van der Waals surface area contributed by atoms with E-state index in [1.54, 1.807) is 0 Å². The Hall–Kier alpha value is -0.560. The second-order valence-electron chi connectivity index (χ2n) is 5.32. The zero-order valence-corrected chi connectivity index (χ0v) is 12.9. The van der Waals surface area contributed by atoms with E-state index in [2.05, 4.69) is 25.2 Å². The molecule has 0 aliphatic heterocycles. The molecule has 0 bridgehead atoms. The van der Waals surface area contributed by atoms with Crippen molar-refractivity contribution in [2.24, 2.45) is 0 Å². The second-order valence-corrected chi connectivity index (χ2v) is 5.32. The van der Waals surface area contributed by atoms with Crippen LogP contribution in [0.4, 0.5) is 0 Å². The zero-order valence-electron chi connectivity index (χ0n) is 12.9. The fourth-order valence-corrected chi connectivity index (χ4v) is 2.17. The first-order chi connectivity index (χ1) is 9.41. The van der Waals surface area contributed by atoms with Crippen LogP contribution in [0, 0.1) is 0 Å². The van der Waals surface area contributed by atoms with Crippen molar-refractivity contribution in [3.05, 3.63) is 24.3 Å². The summed E-state index contributed by atoms with van der Waals surface area (Å²) in [4.78, 5) is 0. The molecule has 1 nitrogen and oxygen atoms in total. The Balaban J connectivity index is 3.05. The largest absolute Gasteiger partial charge is 0.392 e. The van der Waals surface area contributed by atoms with Crippen molar-refractivity contribution in [1.29, 1.82) is 0 Å².